The van der Waals surface area contributed by atoms with Gasteiger partial charge >= 0.3 is 12.0 Å². The van der Waals surface area contributed by atoms with Gasteiger partial charge in [-0.15, -0.1) is 11.3 Å². The summed E-state index contributed by atoms with van der Waals surface area (Å²) in [6.07, 6.45) is -0.0753. The maximum atomic E-state index is 11.8. The van der Waals surface area contributed by atoms with Gasteiger partial charge < -0.3 is 15.3 Å². The second kappa shape index (κ2) is 7.23. The molecule has 0 atom stereocenters. The first-order valence-electron chi connectivity index (χ1n) is 5.51. The number of urea groups is 1. The van der Waals surface area contributed by atoms with Gasteiger partial charge in [-0.1, -0.05) is 11.6 Å². The number of carboxylic acids is 1. The zero-order valence-electron chi connectivity index (χ0n) is 9.98. The summed E-state index contributed by atoms with van der Waals surface area (Å²) in [7, 11) is 0. The van der Waals surface area contributed by atoms with Crippen LogP contribution in [-0.4, -0.2) is 35.1 Å². The van der Waals surface area contributed by atoms with E-state index >= 15 is 0 Å². The normalized spacial score (nSPS) is 10.1. The standard InChI is InChI=1S/C11H15ClN2O3S/c1-2-14(7-8-3-4-9(12)18-8)11(17)13-6-5-10(15)16/h3-4H,2,5-7H2,1H3,(H,13,17)(H,15,16). The van der Waals surface area contributed by atoms with Gasteiger partial charge in [-0.05, 0) is 19.1 Å². The van der Waals surface area contributed by atoms with Crippen LogP contribution in [-0.2, 0) is 11.3 Å². The number of halogens is 1. The van der Waals surface area contributed by atoms with Crippen molar-refractivity contribution in [2.45, 2.75) is 19.9 Å². The summed E-state index contributed by atoms with van der Waals surface area (Å²) in [4.78, 5) is 24.7. The number of rotatable bonds is 6. The minimum absolute atomic E-state index is 0.0753. The van der Waals surface area contributed by atoms with Crippen LogP contribution in [0.3, 0.4) is 0 Å². The van der Waals surface area contributed by atoms with E-state index in [2.05, 4.69) is 5.32 Å². The Labute approximate surface area is 114 Å². The summed E-state index contributed by atoms with van der Waals surface area (Å²) in [5.41, 5.74) is 0. The lowest BCUT2D eigenvalue weighted by molar-refractivity contribution is -0.136. The molecule has 0 aliphatic rings. The molecule has 0 radical (unpaired) electrons. The van der Waals surface area contributed by atoms with Gasteiger partial charge in [0.15, 0.2) is 0 Å². The predicted molar refractivity (Wildman–Crippen MR) is 71.1 cm³/mol. The Hall–Kier alpha value is -1.27. The van der Waals surface area contributed by atoms with E-state index in [9.17, 15) is 9.59 Å². The molecule has 0 spiro atoms. The van der Waals surface area contributed by atoms with E-state index < -0.39 is 5.97 Å². The van der Waals surface area contributed by atoms with Crippen molar-refractivity contribution in [1.82, 2.24) is 10.2 Å². The van der Waals surface area contributed by atoms with Crippen molar-refractivity contribution in [2.24, 2.45) is 0 Å². The van der Waals surface area contributed by atoms with Crippen LogP contribution < -0.4 is 5.32 Å². The molecule has 1 aromatic rings. The number of carboxylic acid groups (broad SMARTS) is 1. The van der Waals surface area contributed by atoms with Crippen molar-refractivity contribution in [3.8, 4) is 0 Å². The Kier molecular flexibility index (Phi) is 5.94. The molecule has 0 fully saturated rings. The number of nitrogens with zero attached hydrogens (tertiary/aromatic N) is 1. The first kappa shape index (κ1) is 14.8. The quantitative estimate of drug-likeness (QED) is 0.845. The second-order valence-corrected chi connectivity index (χ2v) is 5.40. The number of nitrogens with one attached hydrogen (secondary N) is 1. The molecule has 18 heavy (non-hydrogen) atoms. The molecule has 5 nitrogen and oxygen atoms in total. The Balaban J connectivity index is 2.44. The molecule has 0 saturated heterocycles. The Morgan fingerprint density at radius 3 is 2.72 bits per heavy atom. The van der Waals surface area contributed by atoms with Crippen LogP contribution in [0.15, 0.2) is 12.1 Å². The van der Waals surface area contributed by atoms with Crippen LogP contribution in [0, 0.1) is 0 Å². The molecule has 7 heteroatoms. The third kappa shape index (κ3) is 4.93. The lowest BCUT2D eigenvalue weighted by Gasteiger charge is -2.20. The van der Waals surface area contributed by atoms with Gasteiger partial charge in [-0.25, -0.2) is 4.79 Å². The SMILES string of the molecule is CCN(Cc1ccc(Cl)s1)C(=O)NCCC(=O)O. The molecule has 0 aliphatic heterocycles. The number of hydrogen-bond donors (Lipinski definition) is 2. The molecule has 1 heterocycles. The molecular weight excluding hydrogens is 276 g/mol. The fourth-order valence-electron chi connectivity index (χ4n) is 1.34. The van der Waals surface area contributed by atoms with E-state index in [0.717, 1.165) is 4.88 Å². The van der Waals surface area contributed by atoms with Crippen LogP contribution in [0.1, 0.15) is 18.2 Å². The van der Waals surface area contributed by atoms with Crippen molar-refractivity contribution >= 4 is 34.9 Å². The average Bonchev–Trinajstić information content (AvgIpc) is 2.71. The highest BCUT2D eigenvalue weighted by Gasteiger charge is 2.12. The number of hydrogen-bond acceptors (Lipinski definition) is 3. The number of amides is 2. The monoisotopic (exact) mass is 290 g/mol. The van der Waals surface area contributed by atoms with Gasteiger partial charge in [-0.3, -0.25) is 4.79 Å². The molecule has 0 unspecified atom stereocenters. The fourth-order valence-corrected chi connectivity index (χ4v) is 2.44. The van der Waals surface area contributed by atoms with E-state index in [1.165, 1.54) is 11.3 Å². The van der Waals surface area contributed by atoms with Gasteiger partial charge in [0.25, 0.3) is 0 Å². The van der Waals surface area contributed by atoms with Crippen molar-refractivity contribution in [3.05, 3.63) is 21.3 Å². The van der Waals surface area contributed by atoms with Gasteiger partial charge in [0.2, 0.25) is 0 Å². The first-order valence-corrected chi connectivity index (χ1v) is 6.71. The first-order chi connectivity index (χ1) is 8.52. The summed E-state index contributed by atoms with van der Waals surface area (Å²) >= 11 is 7.25. The number of aliphatic carboxylic acids is 1. The molecule has 0 saturated carbocycles. The lowest BCUT2D eigenvalue weighted by atomic mass is 10.4. The van der Waals surface area contributed by atoms with Gasteiger partial charge in [0, 0.05) is 18.0 Å². The molecule has 0 aromatic carbocycles. The molecular formula is C11H15ClN2O3S. The van der Waals surface area contributed by atoms with Crippen LogP contribution in [0.2, 0.25) is 4.34 Å². The van der Waals surface area contributed by atoms with E-state index in [-0.39, 0.29) is 19.0 Å². The largest absolute Gasteiger partial charge is 0.481 e. The molecule has 2 N–H and O–H groups in total. The fraction of sp³-hybridized carbons (Fsp3) is 0.455. The van der Waals surface area contributed by atoms with Crippen LogP contribution in [0.5, 0.6) is 0 Å². The summed E-state index contributed by atoms with van der Waals surface area (Å²) in [6.45, 7) is 3.03. The summed E-state index contributed by atoms with van der Waals surface area (Å²) in [5, 5.41) is 11.1. The smallest absolute Gasteiger partial charge is 0.317 e. The molecule has 100 valence electrons. The van der Waals surface area contributed by atoms with E-state index in [0.29, 0.717) is 17.4 Å². The second-order valence-electron chi connectivity index (χ2n) is 3.60. The zero-order chi connectivity index (χ0) is 13.5. The summed E-state index contributed by atoms with van der Waals surface area (Å²) < 4.78 is 0.687. The number of carbonyl (C=O) groups is 2. The van der Waals surface area contributed by atoms with Gasteiger partial charge in [-0.2, -0.15) is 0 Å². The van der Waals surface area contributed by atoms with Crippen LogP contribution in [0.4, 0.5) is 4.79 Å². The third-order valence-electron chi connectivity index (χ3n) is 2.26. The highest BCUT2D eigenvalue weighted by atomic mass is 35.5. The van der Waals surface area contributed by atoms with Crippen molar-refractivity contribution in [1.29, 1.82) is 0 Å². The molecule has 1 rings (SSSR count). The Morgan fingerprint density at radius 1 is 1.50 bits per heavy atom. The Bertz CT molecular complexity index is 422. The average molecular weight is 291 g/mol. The van der Waals surface area contributed by atoms with E-state index in [1.54, 1.807) is 11.0 Å². The summed E-state index contributed by atoms with van der Waals surface area (Å²) in [5.74, 6) is -0.927. The van der Waals surface area contributed by atoms with Crippen LogP contribution in [0.25, 0.3) is 0 Å². The molecule has 0 aliphatic carbocycles. The topological polar surface area (TPSA) is 69.6 Å². The van der Waals surface area contributed by atoms with Crippen molar-refractivity contribution in [2.75, 3.05) is 13.1 Å². The summed E-state index contributed by atoms with van der Waals surface area (Å²) in [6, 6.07) is 3.40. The predicted octanol–water partition coefficient (Wildman–Crippen LogP) is 2.41. The van der Waals surface area contributed by atoms with E-state index in [1.807, 2.05) is 13.0 Å². The molecule has 1 aromatic heterocycles. The molecule has 2 amide bonds. The zero-order valence-corrected chi connectivity index (χ0v) is 11.6. The molecule has 0 bridgehead atoms. The maximum Gasteiger partial charge on any atom is 0.317 e. The van der Waals surface area contributed by atoms with Gasteiger partial charge in [0.05, 0.1) is 17.3 Å². The number of carbonyl (C=O) groups excluding carboxylic acids is 1. The van der Waals surface area contributed by atoms with E-state index in [4.69, 9.17) is 16.7 Å². The van der Waals surface area contributed by atoms with Gasteiger partial charge in [0.1, 0.15) is 0 Å². The third-order valence-corrected chi connectivity index (χ3v) is 3.48. The minimum atomic E-state index is -0.927. The maximum absolute atomic E-state index is 11.8. The number of thiophene rings is 1. The van der Waals surface area contributed by atoms with Crippen molar-refractivity contribution < 1.29 is 14.7 Å². The Morgan fingerprint density at radius 2 is 2.22 bits per heavy atom. The highest BCUT2D eigenvalue weighted by molar-refractivity contribution is 7.16. The minimum Gasteiger partial charge on any atom is -0.481 e. The van der Waals surface area contributed by atoms with Crippen LogP contribution >= 0.6 is 22.9 Å². The highest BCUT2D eigenvalue weighted by Crippen LogP contribution is 2.22. The lowest BCUT2D eigenvalue weighted by Crippen LogP contribution is -2.40. The van der Waals surface area contributed by atoms with Crippen molar-refractivity contribution in [3.63, 3.8) is 0 Å².